The number of ether oxygens (including phenoxy) is 3. The van der Waals surface area contributed by atoms with Crippen LogP contribution in [0.15, 0.2) is 42.1 Å². The molecule has 0 aliphatic carbocycles. The van der Waals surface area contributed by atoms with Crippen molar-refractivity contribution in [3.05, 3.63) is 47.7 Å². The van der Waals surface area contributed by atoms with Crippen LogP contribution in [0, 0.1) is 0 Å². The number of primary amides is 1. The Morgan fingerprint density at radius 1 is 1.08 bits per heavy atom. The smallest absolute Gasteiger partial charge is 0.246 e. The Kier molecular flexibility index (Phi) is 4.62. The van der Waals surface area contributed by atoms with Crippen LogP contribution in [-0.2, 0) is 11.2 Å². The lowest BCUT2D eigenvalue weighted by molar-refractivity contribution is -0.114. The number of hydrogen-bond donors (Lipinski definition) is 2. The zero-order valence-electron chi connectivity index (χ0n) is 14.8. The van der Waals surface area contributed by atoms with Gasteiger partial charge in [-0.1, -0.05) is 0 Å². The molecule has 7 heteroatoms. The molecule has 1 amide bonds. The highest BCUT2D eigenvalue weighted by atomic mass is 16.5. The molecule has 0 saturated carbocycles. The van der Waals surface area contributed by atoms with E-state index in [1.54, 1.807) is 37.6 Å². The Balaban J connectivity index is 2.27. The first-order chi connectivity index (χ1) is 12.5. The van der Waals surface area contributed by atoms with Gasteiger partial charge in [0.1, 0.15) is 5.75 Å². The topological polar surface area (TPSA) is 94.2 Å². The Morgan fingerprint density at radius 3 is 2.27 bits per heavy atom. The van der Waals surface area contributed by atoms with Crippen LogP contribution in [0.5, 0.6) is 23.0 Å². The number of nitrogens with two attached hydrogens (primary N) is 1. The van der Waals surface area contributed by atoms with Crippen molar-refractivity contribution in [2.45, 2.75) is 6.42 Å². The fraction of sp³-hybridized carbons (Fsp3) is 0.211. The van der Waals surface area contributed by atoms with E-state index in [1.165, 1.54) is 14.2 Å². The second-order valence-corrected chi connectivity index (χ2v) is 5.72. The molecule has 3 N–H and O–H groups in total. The SMILES string of the molecule is COc1cc2c(c(OC)c1OC)CC(C(N)=O)=CN2c1ccc(O)cc1. The fourth-order valence-corrected chi connectivity index (χ4v) is 3.03. The van der Waals surface area contributed by atoms with Crippen LogP contribution < -0.4 is 24.8 Å². The molecule has 0 radical (unpaired) electrons. The standard InChI is InChI=1S/C19H20N2O5/c1-24-16-9-15-14(17(25-2)18(16)26-3)8-11(19(20)23)10-21(15)12-4-6-13(22)7-5-12/h4-7,9-10,22H,8H2,1-3H3,(H2,20,23). The quantitative estimate of drug-likeness (QED) is 0.855. The Hall–Kier alpha value is -3.35. The molecule has 0 spiro atoms. The van der Waals surface area contributed by atoms with Crippen LogP contribution in [0.3, 0.4) is 0 Å². The van der Waals surface area contributed by atoms with E-state index in [4.69, 9.17) is 19.9 Å². The van der Waals surface area contributed by atoms with Crippen molar-refractivity contribution in [2.75, 3.05) is 26.2 Å². The molecule has 0 bridgehead atoms. The van der Waals surface area contributed by atoms with Crippen LogP contribution >= 0.6 is 0 Å². The van der Waals surface area contributed by atoms with E-state index < -0.39 is 5.91 Å². The third-order valence-corrected chi connectivity index (χ3v) is 4.27. The van der Waals surface area contributed by atoms with Crippen molar-refractivity contribution in [3.63, 3.8) is 0 Å². The van der Waals surface area contributed by atoms with E-state index in [0.717, 1.165) is 16.9 Å². The van der Waals surface area contributed by atoms with Crippen molar-refractivity contribution < 1.29 is 24.1 Å². The van der Waals surface area contributed by atoms with Gasteiger partial charge in [0.15, 0.2) is 11.5 Å². The average Bonchev–Trinajstić information content (AvgIpc) is 2.65. The Bertz CT molecular complexity index is 874. The summed E-state index contributed by atoms with van der Waals surface area (Å²) in [6.07, 6.45) is 1.99. The van der Waals surface area contributed by atoms with E-state index in [-0.39, 0.29) is 5.75 Å². The van der Waals surface area contributed by atoms with Gasteiger partial charge in [0.05, 0.1) is 27.0 Å². The number of phenolic OH excluding ortho intramolecular Hbond substituents is 1. The highest BCUT2D eigenvalue weighted by molar-refractivity contribution is 5.96. The third-order valence-electron chi connectivity index (χ3n) is 4.27. The number of rotatable bonds is 5. The summed E-state index contributed by atoms with van der Waals surface area (Å²) in [5.74, 6) is 1.07. The number of anilines is 2. The number of hydrogen-bond acceptors (Lipinski definition) is 6. The number of amides is 1. The molecule has 0 unspecified atom stereocenters. The van der Waals surface area contributed by atoms with Gasteiger partial charge in [-0.3, -0.25) is 4.79 Å². The lowest BCUT2D eigenvalue weighted by Crippen LogP contribution is -2.25. The second-order valence-electron chi connectivity index (χ2n) is 5.72. The lowest BCUT2D eigenvalue weighted by atomic mass is 9.96. The van der Waals surface area contributed by atoms with Gasteiger partial charge in [-0.05, 0) is 24.3 Å². The number of nitrogens with zero attached hydrogens (tertiary/aromatic N) is 1. The number of fused-ring (bicyclic) bond motifs is 1. The molecule has 1 heterocycles. The molecule has 0 atom stereocenters. The predicted molar refractivity (Wildman–Crippen MR) is 97.3 cm³/mol. The normalized spacial score (nSPS) is 12.9. The monoisotopic (exact) mass is 356 g/mol. The van der Waals surface area contributed by atoms with Gasteiger partial charge in [-0.2, -0.15) is 0 Å². The van der Waals surface area contributed by atoms with Crippen LogP contribution in [-0.4, -0.2) is 32.3 Å². The number of carbonyl (C=O) groups is 1. The second kappa shape index (κ2) is 6.87. The summed E-state index contributed by atoms with van der Waals surface area (Å²) in [5, 5.41) is 9.56. The maximum absolute atomic E-state index is 11.9. The molecule has 0 saturated heterocycles. The molecule has 3 rings (SSSR count). The zero-order chi connectivity index (χ0) is 18.8. The van der Waals surface area contributed by atoms with E-state index in [1.807, 2.05) is 11.0 Å². The minimum Gasteiger partial charge on any atom is -0.508 e. The summed E-state index contributed by atoms with van der Waals surface area (Å²) in [6, 6.07) is 8.43. The Labute approximate surface area is 151 Å². The van der Waals surface area contributed by atoms with Crippen LogP contribution in [0.25, 0.3) is 0 Å². The molecule has 26 heavy (non-hydrogen) atoms. The number of methoxy groups -OCH3 is 3. The summed E-state index contributed by atoms with van der Waals surface area (Å²) in [4.78, 5) is 13.7. The van der Waals surface area contributed by atoms with E-state index in [0.29, 0.717) is 29.2 Å². The molecule has 136 valence electrons. The number of benzene rings is 2. The van der Waals surface area contributed by atoms with Gasteiger partial charge in [0, 0.05) is 35.5 Å². The number of phenols is 1. The molecule has 2 aromatic rings. The number of aromatic hydroxyl groups is 1. The van der Waals surface area contributed by atoms with Crippen molar-refractivity contribution in [1.82, 2.24) is 0 Å². The summed E-state index contributed by atoms with van der Waals surface area (Å²) in [7, 11) is 4.60. The van der Waals surface area contributed by atoms with Crippen LogP contribution in [0.4, 0.5) is 11.4 Å². The highest BCUT2D eigenvalue weighted by Crippen LogP contribution is 2.49. The Morgan fingerprint density at radius 2 is 1.73 bits per heavy atom. The third kappa shape index (κ3) is 2.88. The van der Waals surface area contributed by atoms with Crippen LogP contribution in [0.2, 0.25) is 0 Å². The highest BCUT2D eigenvalue weighted by Gasteiger charge is 2.29. The molecule has 2 aromatic carbocycles. The first kappa shape index (κ1) is 17.5. The fourth-order valence-electron chi connectivity index (χ4n) is 3.03. The molecule has 1 aliphatic heterocycles. The predicted octanol–water partition coefficient (Wildman–Crippen LogP) is 2.48. The van der Waals surface area contributed by atoms with Gasteiger partial charge in [-0.25, -0.2) is 0 Å². The van der Waals surface area contributed by atoms with Crippen molar-refractivity contribution in [1.29, 1.82) is 0 Å². The average molecular weight is 356 g/mol. The summed E-state index contributed by atoms with van der Waals surface area (Å²) < 4.78 is 16.4. The van der Waals surface area contributed by atoms with Gasteiger partial charge in [0.2, 0.25) is 11.7 Å². The van der Waals surface area contributed by atoms with Gasteiger partial charge < -0.3 is 30.0 Å². The minimum atomic E-state index is -0.517. The van der Waals surface area contributed by atoms with Crippen molar-refractivity contribution in [2.24, 2.45) is 5.73 Å². The summed E-state index contributed by atoms with van der Waals surface area (Å²) in [6.45, 7) is 0. The molecular formula is C19H20N2O5. The van der Waals surface area contributed by atoms with Crippen LogP contribution in [0.1, 0.15) is 5.56 Å². The number of carbonyl (C=O) groups excluding carboxylic acids is 1. The van der Waals surface area contributed by atoms with E-state index in [2.05, 4.69) is 0 Å². The minimum absolute atomic E-state index is 0.148. The van der Waals surface area contributed by atoms with Crippen molar-refractivity contribution >= 4 is 17.3 Å². The first-order valence-electron chi connectivity index (χ1n) is 7.90. The van der Waals surface area contributed by atoms with E-state index in [9.17, 15) is 9.90 Å². The summed E-state index contributed by atoms with van der Waals surface area (Å²) >= 11 is 0. The lowest BCUT2D eigenvalue weighted by Gasteiger charge is -2.31. The first-order valence-corrected chi connectivity index (χ1v) is 7.90. The molecule has 7 nitrogen and oxygen atoms in total. The molecule has 0 aromatic heterocycles. The zero-order valence-corrected chi connectivity index (χ0v) is 14.8. The molecular weight excluding hydrogens is 336 g/mol. The van der Waals surface area contributed by atoms with Gasteiger partial charge in [-0.15, -0.1) is 0 Å². The van der Waals surface area contributed by atoms with Gasteiger partial charge in [0.25, 0.3) is 0 Å². The van der Waals surface area contributed by atoms with E-state index >= 15 is 0 Å². The van der Waals surface area contributed by atoms with Crippen molar-refractivity contribution in [3.8, 4) is 23.0 Å². The molecule has 0 fully saturated rings. The maximum atomic E-state index is 11.9. The largest absolute Gasteiger partial charge is 0.508 e. The maximum Gasteiger partial charge on any atom is 0.246 e. The molecule has 1 aliphatic rings. The van der Waals surface area contributed by atoms with Gasteiger partial charge >= 0.3 is 0 Å². The summed E-state index contributed by atoms with van der Waals surface area (Å²) in [5.41, 5.74) is 8.24.